The lowest BCUT2D eigenvalue weighted by molar-refractivity contribution is -0.138. The predicted molar refractivity (Wildman–Crippen MR) is 121 cm³/mol. The molecule has 0 aliphatic heterocycles. The number of carbonyl (C=O) groups is 1. The first-order valence-electron chi connectivity index (χ1n) is 10.2. The van der Waals surface area contributed by atoms with Crippen molar-refractivity contribution >= 4 is 28.2 Å². The quantitative estimate of drug-likeness (QED) is 0.339. The summed E-state index contributed by atoms with van der Waals surface area (Å²) in [7, 11) is 0. The van der Waals surface area contributed by atoms with E-state index in [0.29, 0.717) is 22.9 Å². The van der Waals surface area contributed by atoms with Crippen molar-refractivity contribution in [2.24, 2.45) is 0 Å². The lowest BCUT2D eigenvalue weighted by Crippen LogP contribution is -2.09. The van der Waals surface area contributed by atoms with Gasteiger partial charge in [-0.3, -0.25) is 4.79 Å². The van der Waals surface area contributed by atoms with Crippen molar-refractivity contribution in [3.63, 3.8) is 0 Å². The van der Waals surface area contributed by atoms with E-state index < -0.39 is 17.7 Å². The summed E-state index contributed by atoms with van der Waals surface area (Å²) < 4.78 is 46.0. The van der Waals surface area contributed by atoms with E-state index in [1.165, 1.54) is 23.5 Å². The second-order valence-corrected chi connectivity index (χ2v) is 9.01. The van der Waals surface area contributed by atoms with Crippen molar-refractivity contribution in [1.82, 2.24) is 9.55 Å². The summed E-state index contributed by atoms with van der Waals surface area (Å²) in [4.78, 5) is 16.6. The number of rotatable bonds is 7. The minimum Gasteiger partial charge on any atom is -0.493 e. The molecule has 0 aliphatic rings. The van der Waals surface area contributed by atoms with Crippen molar-refractivity contribution in [1.29, 1.82) is 0 Å². The van der Waals surface area contributed by atoms with Crippen LogP contribution in [0.25, 0.3) is 21.5 Å². The topological polar surface area (TPSA) is 64.4 Å². The molecule has 2 aromatic heterocycles. The molecule has 33 heavy (non-hydrogen) atoms. The summed E-state index contributed by atoms with van der Waals surface area (Å²) in [5.74, 6) is -0.272. The Kier molecular flexibility index (Phi) is 6.16. The van der Waals surface area contributed by atoms with E-state index in [1.807, 2.05) is 32.0 Å². The summed E-state index contributed by atoms with van der Waals surface area (Å²) in [6.45, 7) is 4.19. The number of carboxylic acid groups (broad SMARTS) is 1. The number of nitrogens with zero attached hydrogens (tertiary/aromatic N) is 2. The maximum atomic E-state index is 12.8. The van der Waals surface area contributed by atoms with Gasteiger partial charge in [0.15, 0.2) is 0 Å². The van der Waals surface area contributed by atoms with Gasteiger partial charge in [0.05, 0.1) is 17.9 Å². The molecule has 172 valence electrons. The zero-order valence-electron chi connectivity index (χ0n) is 17.9. The molecule has 0 unspecified atom stereocenters. The molecule has 0 saturated carbocycles. The first-order valence-corrected chi connectivity index (χ1v) is 11.0. The third kappa shape index (κ3) is 5.03. The van der Waals surface area contributed by atoms with Gasteiger partial charge in [-0.1, -0.05) is 19.1 Å². The third-order valence-corrected chi connectivity index (χ3v) is 6.34. The first kappa shape index (κ1) is 22.8. The van der Waals surface area contributed by atoms with Crippen molar-refractivity contribution in [2.45, 2.75) is 32.5 Å². The lowest BCUT2D eigenvalue weighted by atomic mass is 10.1. The number of aliphatic carboxylic acids is 1. The Balaban J connectivity index is 1.45. The second-order valence-electron chi connectivity index (χ2n) is 7.81. The van der Waals surface area contributed by atoms with Crippen LogP contribution in [0.4, 0.5) is 13.2 Å². The Morgan fingerprint density at radius 3 is 2.58 bits per heavy atom. The first-order chi connectivity index (χ1) is 15.6. The van der Waals surface area contributed by atoms with Crippen molar-refractivity contribution in [3.8, 4) is 16.3 Å². The zero-order valence-corrected chi connectivity index (χ0v) is 18.7. The maximum Gasteiger partial charge on any atom is 0.416 e. The van der Waals surface area contributed by atoms with Gasteiger partial charge in [-0.2, -0.15) is 13.2 Å². The second kappa shape index (κ2) is 8.90. The minimum absolute atomic E-state index is 0.0308. The lowest BCUT2D eigenvalue weighted by Gasteiger charge is -2.12. The number of alkyl halides is 3. The number of fused-ring (bicyclic) bond motifs is 1. The van der Waals surface area contributed by atoms with Gasteiger partial charge < -0.3 is 14.4 Å². The highest BCUT2D eigenvalue weighted by Crippen LogP contribution is 2.34. The number of ether oxygens (including phenoxy) is 1. The van der Waals surface area contributed by atoms with Crippen LogP contribution < -0.4 is 4.74 Å². The number of aromatic nitrogens is 2. The van der Waals surface area contributed by atoms with Crippen LogP contribution in [0.2, 0.25) is 0 Å². The number of aryl methyl sites for hydroxylation is 1. The molecular weight excluding hydrogens is 453 g/mol. The van der Waals surface area contributed by atoms with E-state index in [9.17, 15) is 18.0 Å². The molecule has 0 radical (unpaired) electrons. The van der Waals surface area contributed by atoms with E-state index in [2.05, 4.69) is 4.98 Å². The van der Waals surface area contributed by atoms with Gasteiger partial charge in [0, 0.05) is 33.5 Å². The van der Waals surface area contributed by atoms with E-state index in [1.54, 1.807) is 16.8 Å². The monoisotopic (exact) mass is 474 g/mol. The van der Waals surface area contributed by atoms with Crippen molar-refractivity contribution in [3.05, 3.63) is 70.9 Å². The van der Waals surface area contributed by atoms with Crippen LogP contribution in [0.3, 0.4) is 0 Å². The fourth-order valence-corrected chi connectivity index (χ4v) is 4.68. The molecule has 2 heterocycles. The average Bonchev–Trinajstić information content (AvgIpc) is 3.34. The van der Waals surface area contributed by atoms with Crippen LogP contribution in [-0.2, 0) is 17.5 Å². The van der Waals surface area contributed by atoms with Crippen LogP contribution in [0, 0.1) is 6.92 Å². The third-order valence-electron chi connectivity index (χ3n) is 5.31. The van der Waals surface area contributed by atoms with Crippen LogP contribution in [0.5, 0.6) is 5.75 Å². The Labute approximate surface area is 192 Å². The molecule has 1 N–H and O–H groups in total. The van der Waals surface area contributed by atoms with Crippen LogP contribution >= 0.6 is 11.3 Å². The Morgan fingerprint density at radius 2 is 1.91 bits per heavy atom. The van der Waals surface area contributed by atoms with Gasteiger partial charge in [0.2, 0.25) is 0 Å². The highest BCUT2D eigenvalue weighted by molar-refractivity contribution is 7.15. The highest BCUT2D eigenvalue weighted by Gasteiger charge is 2.30. The molecule has 2 aromatic carbocycles. The fraction of sp³-hybridized carbons (Fsp3) is 0.250. The summed E-state index contributed by atoms with van der Waals surface area (Å²) in [6, 6.07) is 12.4. The SMILES string of the molecule is Cc1sc(-c2ccc(C(F)(F)F)cc2)nc1[C@@H](C)COc1ccc2c(ccn2CC(=O)O)c1. The maximum absolute atomic E-state index is 12.8. The zero-order chi connectivity index (χ0) is 23.8. The van der Waals surface area contributed by atoms with Gasteiger partial charge in [0.1, 0.15) is 17.3 Å². The number of halogens is 3. The fourth-order valence-electron chi connectivity index (χ4n) is 3.64. The van der Waals surface area contributed by atoms with Crippen molar-refractivity contribution in [2.75, 3.05) is 6.61 Å². The molecule has 4 aromatic rings. The van der Waals surface area contributed by atoms with Gasteiger partial charge in [-0.15, -0.1) is 11.3 Å². The Hall–Kier alpha value is -3.33. The molecule has 4 rings (SSSR count). The highest BCUT2D eigenvalue weighted by atomic mass is 32.1. The molecule has 0 amide bonds. The summed E-state index contributed by atoms with van der Waals surface area (Å²) >= 11 is 1.44. The van der Waals surface area contributed by atoms with E-state index in [0.717, 1.165) is 33.6 Å². The Bertz CT molecular complexity index is 1290. The molecule has 0 aliphatic carbocycles. The molecular formula is C24H21F3N2O3S. The van der Waals surface area contributed by atoms with E-state index in [4.69, 9.17) is 9.84 Å². The van der Waals surface area contributed by atoms with Gasteiger partial charge >= 0.3 is 12.1 Å². The van der Waals surface area contributed by atoms with Crippen LogP contribution in [0.1, 0.15) is 29.0 Å². The number of carboxylic acids is 1. The predicted octanol–water partition coefficient (Wildman–Crippen LogP) is 6.36. The van der Waals surface area contributed by atoms with Crippen molar-refractivity contribution < 1.29 is 27.8 Å². The molecule has 0 fully saturated rings. The van der Waals surface area contributed by atoms with Gasteiger partial charge in [-0.05, 0) is 43.3 Å². The molecule has 0 spiro atoms. The number of hydrogen-bond donors (Lipinski definition) is 1. The van der Waals surface area contributed by atoms with E-state index >= 15 is 0 Å². The number of thiazole rings is 1. The number of benzene rings is 2. The largest absolute Gasteiger partial charge is 0.493 e. The van der Waals surface area contributed by atoms with E-state index in [-0.39, 0.29) is 12.5 Å². The minimum atomic E-state index is -4.36. The molecule has 0 saturated heterocycles. The summed E-state index contributed by atoms with van der Waals surface area (Å²) in [6.07, 6.45) is -2.64. The standard InChI is InChI=1S/C24H21F3N2O3S/c1-14(13-32-19-7-8-20-17(11-19)9-10-29(20)12-21(30)31)22-15(2)33-23(28-22)16-3-5-18(6-4-16)24(25,26)27/h3-11,14H,12-13H2,1-2H3,(H,30,31)/t14-/m0/s1. The molecule has 1 atom stereocenters. The summed E-state index contributed by atoms with van der Waals surface area (Å²) in [5.41, 5.74) is 1.63. The molecule has 9 heteroatoms. The molecule has 0 bridgehead atoms. The Morgan fingerprint density at radius 1 is 1.18 bits per heavy atom. The number of hydrogen-bond acceptors (Lipinski definition) is 4. The van der Waals surface area contributed by atoms with Gasteiger partial charge in [-0.25, -0.2) is 4.98 Å². The van der Waals surface area contributed by atoms with Gasteiger partial charge in [0.25, 0.3) is 0 Å². The smallest absolute Gasteiger partial charge is 0.416 e. The average molecular weight is 475 g/mol. The van der Waals surface area contributed by atoms with Crippen LogP contribution in [-0.4, -0.2) is 27.2 Å². The molecule has 5 nitrogen and oxygen atoms in total. The normalized spacial score (nSPS) is 12.8. The summed E-state index contributed by atoms with van der Waals surface area (Å²) in [5, 5.41) is 10.6. The van der Waals surface area contributed by atoms with Crippen LogP contribution in [0.15, 0.2) is 54.7 Å².